The van der Waals surface area contributed by atoms with E-state index in [1.807, 2.05) is 43.3 Å². The smallest absolute Gasteiger partial charge is 0.322 e. The topological polar surface area (TPSA) is 61.8 Å². The Bertz CT molecular complexity index is 767. The summed E-state index contributed by atoms with van der Waals surface area (Å²) in [5.74, 6) is 0.692. The number of nitrogens with one attached hydrogen (secondary N) is 1. The van der Waals surface area contributed by atoms with Crippen molar-refractivity contribution in [1.82, 2.24) is 4.90 Å². The predicted molar refractivity (Wildman–Crippen MR) is 103 cm³/mol. The summed E-state index contributed by atoms with van der Waals surface area (Å²) >= 11 is 6.18. The molecule has 2 aromatic carbocycles. The molecule has 0 aromatic heterocycles. The van der Waals surface area contributed by atoms with Gasteiger partial charge in [-0.05, 0) is 31.0 Å². The maximum Gasteiger partial charge on any atom is 0.322 e. The van der Waals surface area contributed by atoms with Crippen molar-refractivity contribution in [3.63, 3.8) is 0 Å². The van der Waals surface area contributed by atoms with Crippen molar-refractivity contribution in [3.05, 3.63) is 58.6 Å². The summed E-state index contributed by atoms with van der Waals surface area (Å²) < 4.78 is 5.66. The molecule has 1 heterocycles. The normalized spacial score (nSPS) is 13.7. The second-order valence-corrected chi connectivity index (χ2v) is 6.88. The van der Waals surface area contributed by atoms with Crippen LogP contribution in [-0.2, 0) is 13.0 Å². The Morgan fingerprint density at radius 3 is 2.85 bits per heavy atom. The van der Waals surface area contributed by atoms with E-state index in [-0.39, 0.29) is 18.7 Å². The highest BCUT2D eigenvalue weighted by molar-refractivity contribution is 6.31. The van der Waals surface area contributed by atoms with Crippen LogP contribution in [0.25, 0.3) is 0 Å². The number of fused-ring (bicyclic) bond motifs is 1. The third-order valence-electron chi connectivity index (χ3n) is 4.53. The molecule has 2 amide bonds. The highest BCUT2D eigenvalue weighted by Crippen LogP contribution is 2.37. The van der Waals surface area contributed by atoms with Crippen molar-refractivity contribution in [2.45, 2.75) is 32.4 Å². The van der Waals surface area contributed by atoms with Gasteiger partial charge in [0.25, 0.3) is 0 Å². The average Bonchev–Trinajstić information content (AvgIpc) is 3.09. The maximum absolute atomic E-state index is 13.0. The van der Waals surface area contributed by atoms with E-state index >= 15 is 0 Å². The molecule has 0 saturated heterocycles. The number of amides is 2. The standard InChI is InChI=1S/C20H23ClN2O3/c1-14(7-9-24)23(13-15-5-3-2-4-6-15)20(25)22-18-12-17(21)11-16-8-10-26-19(16)18/h2-6,11-12,14,24H,7-10,13H2,1H3,(H,22,25). The van der Waals surface area contributed by atoms with Crippen LogP contribution in [0.1, 0.15) is 24.5 Å². The van der Waals surface area contributed by atoms with Gasteiger partial charge in [0, 0.05) is 36.2 Å². The number of aliphatic hydroxyl groups is 1. The molecule has 26 heavy (non-hydrogen) atoms. The number of ether oxygens (including phenoxy) is 1. The maximum atomic E-state index is 13.0. The summed E-state index contributed by atoms with van der Waals surface area (Å²) in [7, 11) is 0. The first-order valence-electron chi connectivity index (χ1n) is 8.76. The van der Waals surface area contributed by atoms with Crippen LogP contribution in [0, 0.1) is 0 Å². The molecule has 0 aliphatic carbocycles. The van der Waals surface area contributed by atoms with E-state index in [9.17, 15) is 9.90 Å². The van der Waals surface area contributed by atoms with Crippen LogP contribution < -0.4 is 10.1 Å². The zero-order valence-electron chi connectivity index (χ0n) is 14.7. The van der Waals surface area contributed by atoms with Gasteiger partial charge in [-0.3, -0.25) is 0 Å². The minimum absolute atomic E-state index is 0.0232. The molecule has 2 N–H and O–H groups in total. The first-order valence-corrected chi connectivity index (χ1v) is 9.14. The minimum atomic E-state index is -0.241. The van der Waals surface area contributed by atoms with Gasteiger partial charge < -0.3 is 20.1 Å². The third-order valence-corrected chi connectivity index (χ3v) is 4.74. The molecule has 1 aliphatic heterocycles. The highest BCUT2D eigenvalue weighted by atomic mass is 35.5. The Morgan fingerprint density at radius 2 is 2.12 bits per heavy atom. The van der Waals surface area contributed by atoms with Crippen LogP contribution in [0.4, 0.5) is 10.5 Å². The van der Waals surface area contributed by atoms with Gasteiger partial charge in [0.15, 0.2) is 0 Å². The highest BCUT2D eigenvalue weighted by Gasteiger charge is 2.24. The minimum Gasteiger partial charge on any atom is -0.491 e. The van der Waals surface area contributed by atoms with Gasteiger partial charge >= 0.3 is 6.03 Å². The molecule has 1 unspecified atom stereocenters. The number of anilines is 1. The second kappa shape index (κ2) is 8.43. The Labute approximate surface area is 158 Å². The number of carbonyl (C=O) groups excluding carboxylic acids is 1. The lowest BCUT2D eigenvalue weighted by atomic mass is 10.1. The quantitative estimate of drug-likeness (QED) is 0.800. The molecule has 138 valence electrons. The zero-order chi connectivity index (χ0) is 18.5. The zero-order valence-corrected chi connectivity index (χ0v) is 15.5. The fourth-order valence-electron chi connectivity index (χ4n) is 3.10. The lowest BCUT2D eigenvalue weighted by molar-refractivity contribution is 0.169. The summed E-state index contributed by atoms with van der Waals surface area (Å²) in [5, 5.41) is 12.8. The molecular formula is C20H23ClN2O3. The number of halogens is 1. The summed E-state index contributed by atoms with van der Waals surface area (Å²) in [4.78, 5) is 14.7. The van der Waals surface area contributed by atoms with Crippen LogP contribution in [0.15, 0.2) is 42.5 Å². The van der Waals surface area contributed by atoms with Gasteiger partial charge in [-0.2, -0.15) is 0 Å². The molecule has 0 radical (unpaired) electrons. The van der Waals surface area contributed by atoms with Crippen LogP contribution in [0.5, 0.6) is 5.75 Å². The van der Waals surface area contributed by atoms with E-state index in [1.54, 1.807) is 11.0 Å². The van der Waals surface area contributed by atoms with E-state index in [2.05, 4.69) is 5.32 Å². The van der Waals surface area contributed by atoms with E-state index in [4.69, 9.17) is 16.3 Å². The lowest BCUT2D eigenvalue weighted by Crippen LogP contribution is -2.41. The Kier molecular flexibility index (Phi) is 6.01. The molecule has 6 heteroatoms. The number of rotatable bonds is 6. The van der Waals surface area contributed by atoms with Gasteiger partial charge in [0.2, 0.25) is 0 Å². The molecule has 2 aromatic rings. The number of aliphatic hydroxyl groups excluding tert-OH is 1. The summed E-state index contributed by atoms with van der Waals surface area (Å²) in [5.41, 5.74) is 2.62. The molecule has 0 bridgehead atoms. The molecule has 0 saturated carbocycles. The molecule has 0 fully saturated rings. The Hall–Kier alpha value is -2.24. The fourth-order valence-corrected chi connectivity index (χ4v) is 3.34. The first kappa shape index (κ1) is 18.5. The fraction of sp³-hybridized carbons (Fsp3) is 0.350. The second-order valence-electron chi connectivity index (χ2n) is 6.45. The van der Waals surface area contributed by atoms with Gasteiger partial charge in [-0.1, -0.05) is 41.9 Å². The molecule has 0 spiro atoms. The molecule has 1 atom stereocenters. The number of urea groups is 1. The number of benzene rings is 2. The van der Waals surface area contributed by atoms with Crippen molar-refractivity contribution in [1.29, 1.82) is 0 Å². The largest absolute Gasteiger partial charge is 0.491 e. The van der Waals surface area contributed by atoms with E-state index < -0.39 is 0 Å². The predicted octanol–water partition coefficient (Wildman–Crippen LogP) is 4.08. The van der Waals surface area contributed by atoms with Crippen molar-refractivity contribution in [2.24, 2.45) is 0 Å². The van der Waals surface area contributed by atoms with E-state index in [1.165, 1.54) is 0 Å². The van der Waals surface area contributed by atoms with Crippen molar-refractivity contribution >= 4 is 23.3 Å². The van der Waals surface area contributed by atoms with Crippen molar-refractivity contribution < 1.29 is 14.6 Å². The van der Waals surface area contributed by atoms with Gasteiger partial charge in [-0.15, -0.1) is 0 Å². The molecule has 3 rings (SSSR count). The van der Waals surface area contributed by atoms with E-state index in [0.29, 0.717) is 36.0 Å². The van der Waals surface area contributed by atoms with Crippen LogP contribution in [0.3, 0.4) is 0 Å². The SMILES string of the molecule is CC(CCO)N(Cc1ccccc1)C(=O)Nc1cc(Cl)cc2c1OCC2. The molecular weight excluding hydrogens is 352 g/mol. The number of hydrogen-bond donors (Lipinski definition) is 2. The van der Waals surface area contributed by atoms with Gasteiger partial charge in [0.05, 0.1) is 12.3 Å². The van der Waals surface area contributed by atoms with Gasteiger partial charge in [0.1, 0.15) is 5.75 Å². The monoisotopic (exact) mass is 374 g/mol. The summed E-state index contributed by atoms with van der Waals surface area (Å²) in [6.07, 6.45) is 1.29. The molecule has 5 nitrogen and oxygen atoms in total. The summed E-state index contributed by atoms with van der Waals surface area (Å²) in [6.45, 7) is 3.00. The number of nitrogens with zero attached hydrogens (tertiary/aromatic N) is 1. The Balaban J connectivity index is 1.81. The number of carbonyl (C=O) groups is 1. The molecule has 1 aliphatic rings. The summed E-state index contributed by atoms with van der Waals surface area (Å²) in [6, 6.07) is 13.0. The van der Waals surface area contributed by atoms with Gasteiger partial charge in [-0.25, -0.2) is 4.79 Å². The number of hydrogen-bond acceptors (Lipinski definition) is 3. The van der Waals surface area contributed by atoms with Crippen LogP contribution in [0.2, 0.25) is 5.02 Å². The first-order chi connectivity index (χ1) is 12.6. The van der Waals surface area contributed by atoms with Crippen LogP contribution in [-0.4, -0.2) is 35.3 Å². The average molecular weight is 375 g/mol. The van der Waals surface area contributed by atoms with E-state index in [0.717, 1.165) is 17.5 Å². The lowest BCUT2D eigenvalue weighted by Gasteiger charge is -2.29. The van der Waals surface area contributed by atoms with Crippen LogP contribution >= 0.6 is 11.6 Å². The Morgan fingerprint density at radius 1 is 1.35 bits per heavy atom. The van der Waals surface area contributed by atoms with Crippen molar-refractivity contribution in [2.75, 3.05) is 18.5 Å². The van der Waals surface area contributed by atoms with Crippen molar-refractivity contribution in [3.8, 4) is 5.75 Å². The third kappa shape index (κ3) is 4.29.